The average molecular weight is 265 g/mol. The van der Waals surface area contributed by atoms with Gasteiger partial charge in [-0.3, -0.25) is 4.79 Å². The summed E-state index contributed by atoms with van der Waals surface area (Å²) in [6.07, 6.45) is 0.305. The van der Waals surface area contributed by atoms with E-state index in [4.69, 9.17) is 9.94 Å². The Morgan fingerprint density at radius 3 is 2.21 bits per heavy atom. The first-order valence-corrected chi connectivity index (χ1v) is 5.97. The Morgan fingerprint density at radius 2 is 1.74 bits per heavy atom. The molecule has 0 aliphatic carbocycles. The van der Waals surface area contributed by atoms with Crippen LogP contribution < -0.4 is 4.74 Å². The second kappa shape index (κ2) is 5.73. The second-order valence-corrected chi connectivity index (χ2v) is 4.64. The third-order valence-corrected chi connectivity index (χ3v) is 3.19. The molecule has 5 nitrogen and oxygen atoms in total. The van der Waals surface area contributed by atoms with E-state index in [1.807, 2.05) is 0 Å². The van der Waals surface area contributed by atoms with Crippen LogP contribution in [0.3, 0.4) is 0 Å². The summed E-state index contributed by atoms with van der Waals surface area (Å²) in [4.78, 5) is 11.2. The summed E-state index contributed by atoms with van der Waals surface area (Å²) in [6, 6.07) is 0. The van der Waals surface area contributed by atoms with Gasteiger partial charge in [-0.05, 0) is 44.4 Å². The maximum Gasteiger partial charge on any atom is 0.308 e. The smallest absolute Gasteiger partial charge is 0.308 e. The number of carbonyl (C=O) groups excluding carboxylic acids is 1. The van der Waals surface area contributed by atoms with E-state index in [2.05, 4.69) is 5.16 Å². The van der Waals surface area contributed by atoms with E-state index in [1.165, 1.54) is 6.92 Å². The van der Waals surface area contributed by atoms with Crippen molar-refractivity contribution in [1.82, 2.24) is 0 Å². The number of benzene rings is 1. The molecule has 0 unspecified atom stereocenters. The quantitative estimate of drug-likeness (QED) is 0.289. The van der Waals surface area contributed by atoms with Crippen LogP contribution in [0.2, 0.25) is 0 Å². The van der Waals surface area contributed by atoms with E-state index in [0.29, 0.717) is 40.1 Å². The third-order valence-electron chi connectivity index (χ3n) is 3.19. The Bertz CT molecular complexity index is 547. The van der Waals surface area contributed by atoms with Gasteiger partial charge in [-0.2, -0.15) is 0 Å². The van der Waals surface area contributed by atoms with Crippen molar-refractivity contribution in [2.24, 2.45) is 5.16 Å². The Kier molecular flexibility index (Phi) is 4.53. The molecule has 19 heavy (non-hydrogen) atoms. The highest BCUT2D eigenvalue weighted by atomic mass is 16.5. The van der Waals surface area contributed by atoms with E-state index in [1.54, 1.807) is 27.7 Å². The molecule has 104 valence electrons. The number of rotatable bonds is 3. The van der Waals surface area contributed by atoms with Crippen molar-refractivity contribution >= 4 is 11.7 Å². The van der Waals surface area contributed by atoms with Crippen molar-refractivity contribution in [3.05, 3.63) is 22.3 Å². The third kappa shape index (κ3) is 3.05. The number of hydrogen-bond donors (Lipinski definition) is 2. The number of aromatic hydroxyl groups is 1. The largest absolute Gasteiger partial charge is 0.507 e. The van der Waals surface area contributed by atoms with Crippen LogP contribution in [0, 0.1) is 20.8 Å². The summed E-state index contributed by atoms with van der Waals surface area (Å²) in [7, 11) is 0. The number of hydrogen-bond acceptors (Lipinski definition) is 5. The van der Waals surface area contributed by atoms with Gasteiger partial charge in [0.1, 0.15) is 11.5 Å². The highest BCUT2D eigenvalue weighted by Gasteiger charge is 2.20. The van der Waals surface area contributed by atoms with E-state index in [9.17, 15) is 9.90 Å². The molecule has 2 N–H and O–H groups in total. The van der Waals surface area contributed by atoms with Crippen molar-refractivity contribution in [2.75, 3.05) is 0 Å². The van der Waals surface area contributed by atoms with Crippen LogP contribution in [0.1, 0.15) is 36.1 Å². The molecular formula is C14H19NO4. The molecule has 0 aromatic heterocycles. The molecular weight excluding hydrogens is 246 g/mol. The van der Waals surface area contributed by atoms with Crippen molar-refractivity contribution in [1.29, 1.82) is 0 Å². The molecule has 0 saturated heterocycles. The predicted octanol–water partition coefficient (Wildman–Crippen LogP) is 2.64. The number of phenolic OH excluding ortho intramolecular Hbond substituents is 1. The fraction of sp³-hybridized carbons (Fsp3) is 0.429. The number of esters is 1. The summed E-state index contributed by atoms with van der Waals surface area (Å²) in [5.41, 5.74) is 3.14. The molecule has 0 radical (unpaired) electrons. The van der Waals surface area contributed by atoms with Gasteiger partial charge >= 0.3 is 5.97 Å². The number of oxime groups is 1. The van der Waals surface area contributed by atoms with Crippen LogP contribution in [-0.2, 0) is 11.2 Å². The number of nitrogens with zero attached hydrogens (tertiary/aromatic N) is 1. The first-order chi connectivity index (χ1) is 8.79. The highest BCUT2D eigenvalue weighted by molar-refractivity contribution is 5.85. The SMILES string of the molecule is CC(=O)Oc1c(C)c(C)c(O)c(C)c1C/C(C)=N/O. The molecule has 0 amide bonds. The van der Waals surface area contributed by atoms with Gasteiger partial charge in [0.25, 0.3) is 0 Å². The lowest BCUT2D eigenvalue weighted by atomic mass is 9.94. The van der Waals surface area contributed by atoms with Crippen LogP contribution in [0.4, 0.5) is 0 Å². The van der Waals surface area contributed by atoms with Crippen LogP contribution in [0.15, 0.2) is 5.16 Å². The summed E-state index contributed by atoms with van der Waals surface area (Å²) >= 11 is 0. The van der Waals surface area contributed by atoms with Gasteiger partial charge in [0.2, 0.25) is 0 Å². The van der Waals surface area contributed by atoms with Crippen LogP contribution in [0.25, 0.3) is 0 Å². The minimum absolute atomic E-state index is 0.175. The van der Waals surface area contributed by atoms with E-state index in [-0.39, 0.29) is 5.75 Å². The molecule has 0 aliphatic rings. The molecule has 0 saturated carbocycles. The second-order valence-electron chi connectivity index (χ2n) is 4.64. The maximum absolute atomic E-state index is 11.2. The monoisotopic (exact) mass is 265 g/mol. The van der Waals surface area contributed by atoms with Crippen molar-refractivity contribution in [2.45, 2.75) is 41.0 Å². The molecule has 0 spiro atoms. The molecule has 0 heterocycles. The highest BCUT2D eigenvalue weighted by Crippen LogP contribution is 2.37. The van der Waals surface area contributed by atoms with Crippen molar-refractivity contribution in [3.63, 3.8) is 0 Å². The molecule has 0 fully saturated rings. The van der Waals surface area contributed by atoms with Gasteiger partial charge in [-0.25, -0.2) is 0 Å². The zero-order valence-electron chi connectivity index (χ0n) is 11.9. The topological polar surface area (TPSA) is 79.1 Å². The fourth-order valence-electron chi connectivity index (χ4n) is 1.95. The van der Waals surface area contributed by atoms with Crippen LogP contribution in [0.5, 0.6) is 11.5 Å². The normalized spacial score (nSPS) is 11.5. The lowest BCUT2D eigenvalue weighted by Crippen LogP contribution is -2.10. The molecule has 1 rings (SSSR count). The molecule has 0 bridgehead atoms. The van der Waals surface area contributed by atoms with E-state index >= 15 is 0 Å². The van der Waals surface area contributed by atoms with Gasteiger partial charge in [0.15, 0.2) is 0 Å². The van der Waals surface area contributed by atoms with Crippen LogP contribution in [-0.4, -0.2) is 22.0 Å². The van der Waals surface area contributed by atoms with Gasteiger partial charge < -0.3 is 15.1 Å². The zero-order valence-corrected chi connectivity index (χ0v) is 11.9. The molecule has 1 aromatic carbocycles. The van der Waals surface area contributed by atoms with E-state index in [0.717, 1.165) is 0 Å². The molecule has 0 aliphatic heterocycles. The zero-order chi connectivity index (χ0) is 14.7. The lowest BCUT2D eigenvalue weighted by molar-refractivity contribution is -0.131. The van der Waals surface area contributed by atoms with Gasteiger partial charge in [-0.15, -0.1) is 0 Å². The Hall–Kier alpha value is -2.04. The van der Waals surface area contributed by atoms with Gasteiger partial charge in [0, 0.05) is 18.9 Å². The van der Waals surface area contributed by atoms with E-state index < -0.39 is 5.97 Å². The summed E-state index contributed by atoms with van der Waals surface area (Å²) in [5, 5.41) is 22.0. The van der Waals surface area contributed by atoms with Crippen molar-refractivity contribution < 1.29 is 19.8 Å². The Morgan fingerprint density at radius 1 is 1.16 bits per heavy atom. The summed E-state index contributed by atoms with van der Waals surface area (Å²) in [6.45, 7) is 8.27. The standard InChI is InChI=1S/C14H19NO4/c1-7(15-18)6-12-10(4)13(17)8(2)9(3)14(12)19-11(5)16/h17-18H,6H2,1-5H3/b15-7+. The van der Waals surface area contributed by atoms with Gasteiger partial charge in [0.05, 0.1) is 5.71 Å². The minimum atomic E-state index is -0.424. The number of carbonyl (C=O) groups is 1. The first kappa shape index (κ1) is 15.0. The first-order valence-electron chi connectivity index (χ1n) is 5.97. The fourth-order valence-corrected chi connectivity index (χ4v) is 1.95. The number of phenols is 1. The van der Waals surface area contributed by atoms with Crippen LogP contribution >= 0.6 is 0 Å². The van der Waals surface area contributed by atoms with Gasteiger partial charge in [-0.1, -0.05) is 5.16 Å². The number of ether oxygens (including phenoxy) is 1. The Labute approximate surface area is 112 Å². The van der Waals surface area contributed by atoms with Crippen molar-refractivity contribution in [3.8, 4) is 11.5 Å². The maximum atomic E-state index is 11.2. The molecule has 1 aromatic rings. The molecule has 0 atom stereocenters. The minimum Gasteiger partial charge on any atom is -0.507 e. The lowest BCUT2D eigenvalue weighted by Gasteiger charge is -2.18. The summed E-state index contributed by atoms with van der Waals surface area (Å²) < 4.78 is 5.25. The molecule has 5 heteroatoms. The Balaban J connectivity index is 3.51. The average Bonchev–Trinajstić information content (AvgIpc) is 2.37. The predicted molar refractivity (Wildman–Crippen MR) is 72.2 cm³/mol. The summed E-state index contributed by atoms with van der Waals surface area (Å²) in [5.74, 6) is 0.185.